The molecule has 0 spiro atoms. The molecule has 2 N–H and O–H groups in total. The zero-order valence-corrected chi connectivity index (χ0v) is 21.3. The Balaban J connectivity index is 1.72. The van der Waals surface area contributed by atoms with Crippen molar-refractivity contribution in [3.05, 3.63) is 118 Å². The molecule has 0 amide bonds. The van der Waals surface area contributed by atoms with Crippen LogP contribution in [0.1, 0.15) is 59.8 Å². The Bertz CT molecular complexity index is 1330. The summed E-state index contributed by atoms with van der Waals surface area (Å²) in [5, 5.41) is 19.5. The van der Waals surface area contributed by atoms with Gasteiger partial charge in [-0.05, 0) is 48.1 Å². The van der Waals surface area contributed by atoms with Gasteiger partial charge in [-0.15, -0.1) is 0 Å². The van der Waals surface area contributed by atoms with Gasteiger partial charge < -0.3 is 10.4 Å². The van der Waals surface area contributed by atoms with Gasteiger partial charge in [0.2, 0.25) is 0 Å². The zero-order valence-electron chi connectivity index (χ0n) is 20.6. The SMILES string of the molecule is C=C(NCc1ccccc1)c1nn(-c2ccc(Cl)cc2O)c(Cc2cccc(C(C)CC)c2)c1C. The number of benzene rings is 3. The van der Waals surface area contributed by atoms with E-state index in [1.807, 2.05) is 22.9 Å². The number of nitrogens with one attached hydrogen (secondary N) is 1. The standard InChI is InChI=1S/C30H32ClN3O/c1-5-20(2)25-13-9-12-24(16-25)17-28-21(3)30(22(4)32-19-23-10-7-6-8-11-23)33-34(28)27-15-14-26(31)18-29(27)35/h6-16,18,20,32,35H,4-5,17,19H2,1-3H3. The Morgan fingerprint density at radius 2 is 1.80 bits per heavy atom. The fourth-order valence-corrected chi connectivity index (χ4v) is 4.39. The number of phenolic OH excluding ortho intramolecular Hbond substituents is 1. The summed E-state index contributed by atoms with van der Waals surface area (Å²) >= 11 is 6.11. The van der Waals surface area contributed by atoms with Gasteiger partial charge in [0.15, 0.2) is 0 Å². The van der Waals surface area contributed by atoms with Gasteiger partial charge >= 0.3 is 0 Å². The number of rotatable bonds is 9. The third-order valence-electron chi connectivity index (χ3n) is 6.55. The van der Waals surface area contributed by atoms with Crippen LogP contribution in [0, 0.1) is 6.92 Å². The fourth-order valence-electron chi connectivity index (χ4n) is 4.23. The molecule has 35 heavy (non-hydrogen) atoms. The van der Waals surface area contributed by atoms with Crippen LogP contribution < -0.4 is 5.32 Å². The molecule has 0 saturated heterocycles. The summed E-state index contributed by atoms with van der Waals surface area (Å²) in [5.41, 5.74) is 7.85. The second-order valence-corrected chi connectivity index (χ2v) is 9.45. The van der Waals surface area contributed by atoms with Crippen LogP contribution >= 0.6 is 11.6 Å². The highest BCUT2D eigenvalue weighted by molar-refractivity contribution is 6.30. The third-order valence-corrected chi connectivity index (χ3v) is 6.78. The van der Waals surface area contributed by atoms with Crippen LogP contribution in [0.4, 0.5) is 0 Å². The van der Waals surface area contributed by atoms with Gasteiger partial charge in [0.05, 0.1) is 11.4 Å². The Morgan fingerprint density at radius 3 is 2.51 bits per heavy atom. The largest absolute Gasteiger partial charge is 0.506 e. The molecule has 0 saturated carbocycles. The van der Waals surface area contributed by atoms with E-state index in [2.05, 4.69) is 69.1 Å². The lowest BCUT2D eigenvalue weighted by Gasteiger charge is -2.13. The first-order valence-corrected chi connectivity index (χ1v) is 12.4. The average Bonchev–Trinajstić information content (AvgIpc) is 3.18. The summed E-state index contributed by atoms with van der Waals surface area (Å²) in [7, 11) is 0. The lowest BCUT2D eigenvalue weighted by molar-refractivity contribution is 0.469. The number of phenols is 1. The summed E-state index contributed by atoms with van der Waals surface area (Å²) < 4.78 is 1.82. The Labute approximate surface area is 212 Å². The van der Waals surface area contributed by atoms with Gasteiger partial charge in [-0.2, -0.15) is 5.10 Å². The molecular weight excluding hydrogens is 454 g/mol. The first-order chi connectivity index (χ1) is 16.9. The van der Waals surface area contributed by atoms with Gasteiger partial charge in [0.25, 0.3) is 0 Å². The highest BCUT2D eigenvalue weighted by atomic mass is 35.5. The van der Waals surface area contributed by atoms with Crippen LogP contribution in [0.15, 0.2) is 79.4 Å². The van der Waals surface area contributed by atoms with E-state index in [0.717, 1.165) is 29.1 Å². The monoisotopic (exact) mass is 485 g/mol. The Morgan fingerprint density at radius 1 is 1.06 bits per heavy atom. The molecule has 1 aromatic heterocycles. The number of halogens is 1. The van der Waals surface area contributed by atoms with Crippen molar-refractivity contribution in [1.29, 1.82) is 0 Å². The maximum absolute atomic E-state index is 10.7. The number of nitrogens with zero attached hydrogens (tertiary/aromatic N) is 2. The van der Waals surface area contributed by atoms with E-state index in [1.54, 1.807) is 18.2 Å². The molecule has 3 aromatic carbocycles. The normalized spacial score (nSPS) is 11.9. The summed E-state index contributed by atoms with van der Waals surface area (Å²) in [6, 6.07) is 24.0. The number of hydrogen-bond donors (Lipinski definition) is 2. The second kappa shape index (κ2) is 10.8. The van der Waals surface area contributed by atoms with Gasteiger partial charge in [0, 0.05) is 29.6 Å². The summed E-state index contributed by atoms with van der Waals surface area (Å²) in [6.07, 6.45) is 1.77. The topological polar surface area (TPSA) is 50.1 Å². The minimum absolute atomic E-state index is 0.0870. The maximum atomic E-state index is 10.7. The fraction of sp³-hybridized carbons (Fsp3) is 0.233. The van der Waals surface area contributed by atoms with E-state index in [0.29, 0.717) is 29.6 Å². The second-order valence-electron chi connectivity index (χ2n) is 9.01. The van der Waals surface area contributed by atoms with Crippen LogP contribution in [0.25, 0.3) is 11.4 Å². The van der Waals surface area contributed by atoms with E-state index < -0.39 is 0 Å². The molecule has 0 aliphatic rings. The molecule has 0 fully saturated rings. The lowest BCUT2D eigenvalue weighted by atomic mass is 9.95. The maximum Gasteiger partial charge on any atom is 0.142 e. The number of aromatic nitrogens is 2. The van der Waals surface area contributed by atoms with Crippen LogP contribution in [0.5, 0.6) is 5.75 Å². The van der Waals surface area contributed by atoms with Crippen molar-refractivity contribution in [3.8, 4) is 11.4 Å². The Hall–Kier alpha value is -3.50. The first-order valence-electron chi connectivity index (χ1n) is 12.0. The van der Waals surface area contributed by atoms with Crippen molar-refractivity contribution in [3.63, 3.8) is 0 Å². The first kappa shape index (κ1) is 24.6. The third kappa shape index (κ3) is 5.60. The van der Waals surface area contributed by atoms with Gasteiger partial charge in [-0.3, -0.25) is 0 Å². The van der Waals surface area contributed by atoms with Crippen molar-refractivity contribution in [2.75, 3.05) is 0 Å². The van der Waals surface area contributed by atoms with E-state index in [9.17, 15) is 5.11 Å². The van der Waals surface area contributed by atoms with Gasteiger partial charge in [-0.1, -0.05) is 86.6 Å². The van der Waals surface area contributed by atoms with Gasteiger partial charge in [-0.25, -0.2) is 4.68 Å². The van der Waals surface area contributed by atoms with Crippen molar-refractivity contribution in [2.45, 2.75) is 46.1 Å². The summed E-state index contributed by atoms with van der Waals surface area (Å²) in [6.45, 7) is 11.5. The van der Waals surface area contributed by atoms with E-state index >= 15 is 0 Å². The molecule has 1 heterocycles. The molecule has 1 atom stereocenters. The van der Waals surface area contributed by atoms with Crippen LogP contribution in [-0.4, -0.2) is 14.9 Å². The molecule has 0 aliphatic heterocycles. The molecule has 5 heteroatoms. The molecular formula is C30H32ClN3O. The lowest BCUT2D eigenvalue weighted by Crippen LogP contribution is -2.12. The molecule has 180 valence electrons. The van der Waals surface area contributed by atoms with E-state index in [-0.39, 0.29) is 5.75 Å². The van der Waals surface area contributed by atoms with Crippen LogP contribution in [0.2, 0.25) is 5.02 Å². The summed E-state index contributed by atoms with van der Waals surface area (Å²) in [4.78, 5) is 0. The Kier molecular flexibility index (Phi) is 7.62. The van der Waals surface area contributed by atoms with Crippen molar-refractivity contribution in [2.24, 2.45) is 0 Å². The smallest absolute Gasteiger partial charge is 0.142 e. The van der Waals surface area contributed by atoms with Crippen LogP contribution in [-0.2, 0) is 13.0 Å². The highest BCUT2D eigenvalue weighted by Crippen LogP contribution is 2.31. The summed E-state index contributed by atoms with van der Waals surface area (Å²) in [5.74, 6) is 0.586. The minimum Gasteiger partial charge on any atom is -0.506 e. The predicted molar refractivity (Wildman–Crippen MR) is 145 cm³/mol. The quantitative estimate of drug-likeness (QED) is 0.259. The van der Waals surface area contributed by atoms with Gasteiger partial charge in [0.1, 0.15) is 17.1 Å². The minimum atomic E-state index is 0.0870. The van der Waals surface area contributed by atoms with Crippen molar-refractivity contribution < 1.29 is 5.11 Å². The molecule has 4 rings (SSSR count). The molecule has 1 unspecified atom stereocenters. The molecule has 0 radical (unpaired) electrons. The van der Waals surface area contributed by atoms with E-state index in [1.165, 1.54) is 16.7 Å². The number of aromatic hydroxyl groups is 1. The number of hydrogen-bond acceptors (Lipinski definition) is 3. The molecule has 0 bridgehead atoms. The zero-order chi connectivity index (χ0) is 24.9. The van der Waals surface area contributed by atoms with Crippen molar-refractivity contribution >= 4 is 17.3 Å². The highest BCUT2D eigenvalue weighted by Gasteiger charge is 2.20. The molecule has 0 aliphatic carbocycles. The molecule has 4 aromatic rings. The predicted octanol–water partition coefficient (Wildman–Crippen LogP) is 7.40. The van der Waals surface area contributed by atoms with Crippen LogP contribution in [0.3, 0.4) is 0 Å². The van der Waals surface area contributed by atoms with E-state index in [4.69, 9.17) is 16.7 Å². The molecule has 4 nitrogen and oxygen atoms in total. The average molecular weight is 486 g/mol. The van der Waals surface area contributed by atoms with Crippen molar-refractivity contribution in [1.82, 2.24) is 15.1 Å².